The highest BCUT2D eigenvalue weighted by Crippen LogP contribution is 2.32. The standard InChI is InChI=1S/C26H27F4N3O/c1-3-31-25(34)24(18-7-5-4-6-8-18)32-14-13-21(19-9-11-22(27)17(2)15-19)20-10-12-23(33-16-20)26(28,29)30/h4-12,15-16,21,24,32H,3,13-14H2,1-2H3,(H,31,34)/t21-,24+/m1/s1. The number of pyridine rings is 1. The van der Waals surface area contributed by atoms with Crippen LogP contribution in [-0.4, -0.2) is 24.0 Å². The van der Waals surface area contributed by atoms with E-state index < -0.39 is 17.9 Å². The number of rotatable bonds is 9. The summed E-state index contributed by atoms with van der Waals surface area (Å²) in [5, 5.41) is 6.09. The van der Waals surface area contributed by atoms with Crippen LogP contribution in [0.3, 0.4) is 0 Å². The van der Waals surface area contributed by atoms with Crippen molar-refractivity contribution >= 4 is 5.91 Å². The average molecular weight is 474 g/mol. The summed E-state index contributed by atoms with van der Waals surface area (Å²) in [6, 6.07) is 15.7. The Balaban J connectivity index is 1.85. The topological polar surface area (TPSA) is 54.0 Å². The number of hydrogen-bond donors (Lipinski definition) is 2. The number of amides is 1. The van der Waals surface area contributed by atoms with Gasteiger partial charge in [-0.05, 0) is 61.2 Å². The van der Waals surface area contributed by atoms with E-state index in [1.807, 2.05) is 37.3 Å². The average Bonchev–Trinajstić information content (AvgIpc) is 2.81. The number of alkyl halides is 3. The van der Waals surface area contributed by atoms with Gasteiger partial charge < -0.3 is 10.6 Å². The first-order chi connectivity index (χ1) is 16.2. The van der Waals surface area contributed by atoms with Crippen molar-refractivity contribution in [3.8, 4) is 0 Å². The lowest BCUT2D eigenvalue weighted by atomic mass is 9.88. The zero-order valence-corrected chi connectivity index (χ0v) is 19.0. The quantitative estimate of drug-likeness (QED) is 0.402. The second kappa shape index (κ2) is 11.2. The molecule has 3 aromatic rings. The van der Waals surface area contributed by atoms with Crippen molar-refractivity contribution < 1.29 is 22.4 Å². The third kappa shape index (κ3) is 6.41. The summed E-state index contributed by atoms with van der Waals surface area (Å²) in [7, 11) is 0. The van der Waals surface area contributed by atoms with E-state index in [1.54, 1.807) is 19.1 Å². The molecule has 0 aliphatic heterocycles. The number of carbonyl (C=O) groups is 1. The minimum Gasteiger partial charge on any atom is -0.355 e. The summed E-state index contributed by atoms with van der Waals surface area (Å²) >= 11 is 0. The maximum absolute atomic E-state index is 13.9. The number of aryl methyl sites for hydroxylation is 1. The maximum Gasteiger partial charge on any atom is 0.433 e. The second-order valence-corrected chi connectivity index (χ2v) is 8.02. The highest BCUT2D eigenvalue weighted by molar-refractivity contribution is 5.83. The van der Waals surface area contributed by atoms with Crippen molar-refractivity contribution in [3.63, 3.8) is 0 Å². The summed E-state index contributed by atoms with van der Waals surface area (Å²) in [6.07, 6.45) is -2.86. The molecule has 8 heteroatoms. The van der Waals surface area contributed by atoms with E-state index in [1.165, 1.54) is 18.3 Å². The normalized spacial score (nSPS) is 13.4. The van der Waals surface area contributed by atoms with Gasteiger partial charge in [-0.25, -0.2) is 4.39 Å². The molecule has 2 aromatic carbocycles. The van der Waals surface area contributed by atoms with Gasteiger partial charge in [0.25, 0.3) is 0 Å². The first-order valence-electron chi connectivity index (χ1n) is 11.1. The van der Waals surface area contributed by atoms with Gasteiger partial charge in [0.2, 0.25) is 5.91 Å². The van der Waals surface area contributed by atoms with E-state index in [9.17, 15) is 22.4 Å². The van der Waals surface area contributed by atoms with Gasteiger partial charge in [0.1, 0.15) is 17.6 Å². The number of hydrogen-bond acceptors (Lipinski definition) is 3. The molecule has 1 heterocycles. The molecule has 0 radical (unpaired) electrons. The molecule has 1 amide bonds. The van der Waals surface area contributed by atoms with Crippen LogP contribution in [0.5, 0.6) is 0 Å². The van der Waals surface area contributed by atoms with Crippen molar-refractivity contribution in [2.24, 2.45) is 0 Å². The zero-order valence-electron chi connectivity index (χ0n) is 19.0. The smallest absolute Gasteiger partial charge is 0.355 e. The fourth-order valence-electron chi connectivity index (χ4n) is 3.85. The molecule has 180 valence electrons. The first-order valence-corrected chi connectivity index (χ1v) is 11.1. The SMILES string of the molecule is CCNC(=O)[C@@H](NCC[C@@H](c1ccc(C(F)(F)F)nc1)c1ccc(F)c(C)c1)c1ccccc1. The molecule has 4 nitrogen and oxygen atoms in total. The Labute approximate surface area is 196 Å². The van der Waals surface area contributed by atoms with Gasteiger partial charge in [-0.15, -0.1) is 0 Å². The molecule has 0 saturated heterocycles. The van der Waals surface area contributed by atoms with Gasteiger partial charge in [-0.3, -0.25) is 9.78 Å². The van der Waals surface area contributed by atoms with Crippen molar-refractivity contribution in [3.05, 3.63) is 101 Å². The van der Waals surface area contributed by atoms with Crippen molar-refractivity contribution in [1.29, 1.82) is 0 Å². The van der Waals surface area contributed by atoms with E-state index in [0.717, 1.165) is 17.2 Å². The van der Waals surface area contributed by atoms with E-state index in [2.05, 4.69) is 15.6 Å². The number of nitrogens with one attached hydrogen (secondary N) is 2. The maximum atomic E-state index is 13.9. The second-order valence-electron chi connectivity index (χ2n) is 8.02. The van der Waals surface area contributed by atoms with Crippen LogP contribution in [0, 0.1) is 12.7 Å². The molecule has 2 N–H and O–H groups in total. The van der Waals surface area contributed by atoms with Gasteiger partial charge in [0, 0.05) is 18.7 Å². The molecule has 0 fully saturated rings. The predicted molar refractivity (Wildman–Crippen MR) is 123 cm³/mol. The first kappa shape index (κ1) is 25.4. The van der Waals surface area contributed by atoms with Crippen LogP contribution in [0.25, 0.3) is 0 Å². The van der Waals surface area contributed by atoms with Crippen LogP contribution in [0.2, 0.25) is 0 Å². The Bertz CT molecular complexity index is 1090. The Hall–Kier alpha value is -3.26. The fraction of sp³-hybridized carbons (Fsp3) is 0.308. The molecule has 0 aliphatic rings. The third-order valence-electron chi connectivity index (χ3n) is 5.59. The Morgan fingerprint density at radius 1 is 1.00 bits per heavy atom. The van der Waals surface area contributed by atoms with Crippen LogP contribution in [0.4, 0.5) is 17.6 Å². The lowest BCUT2D eigenvalue weighted by molar-refractivity contribution is -0.141. The monoisotopic (exact) mass is 473 g/mol. The van der Waals surface area contributed by atoms with Gasteiger partial charge in [0.15, 0.2) is 0 Å². The highest BCUT2D eigenvalue weighted by atomic mass is 19.4. The lowest BCUT2D eigenvalue weighted by Crippen LogP contribution is -2.38. The van der Waals surface area contributed by atoms with Crippen LogP contribution in [0.1, 0.15) is 53.3 Å². The summed E-state index contributed by atoms with van der Waals surface area (Å²) in [5.41, 5.74) is 1.62. The predicted octanol–water partition coefficient (Wildman–Crippen LogP) is 5.54. The number of benzene rings is 2. The van der Waals surface area contributed by atoms with Crippen LogP contribution < -0.4 is 10.6 Å². The van der Waals surface area contributed by atoms with E-state index in [0.29, 0.717) is 30.6 Å². The number of carbonyl (C=O) groups excluding carboxylic acids is 1. The van der Waals surface area contributed by atoms with Gasteiger partial charge >= 0.3 is 6.18 Å². The molecule has 0 bridgehead atoms. The minimum atomic E-state index is -4.53. The Morgan fingerprint density at radius 2 is 1.71 bits per heavy atom. The summed E-state index contributed by atoms with van der Waals surface area (Å²) < 4.78 is 52.8. The van der Waals surface area contributed by atoms with Crippen LogP contribution in [0.15, 0.2) is 66.9 Å². The summed E-state index contributed by atoms with van der Waals surface area (Å²) in [4.78, 5) is 16.2. The molecule has 2 atom stereocenters. The number of likely N-dealkylation sites (N-methyl/N-ethyl adjacent to an activating group) is 1. The van der Waals surface area contributed by atoms with Gasteiger partial charge in [0.05, 0.1) is 0 Å². The van der Waals surface area contributed by atoms with Gasteiger partial charge in [-0.2, -0.15) is 13.2 Å². The molecule has 34 heavy (non-hydrogen) atoms. The fourth-order valence-corrected chi connectivity index (χ4v) is 3.85. The van der Waals surface area contributed by atoms with E-state index in [-0.39, 0.29) is 17.6 Å². The van der Waals surface area contributed by atoms with Crippen LogP contribution in [-0.2, 0) is 11.0 Å². The minimum absolute atomic E-state index is 0.168. The van der Waals surface area contributed by atoms with Crippen molar-refractivity contribution in [2.45, 2.75) is 38.4 Å². The molecule has 0 saturated carbocycles. The lowest BCUT2D eigenvalue weighted by Gasteiger charge is -2.22. The summed E-state index contributed by atoms with van der Waals surface area (Å²) in [6.45, 7) is 4.35. The van der Waals surface area contributed by atoms with E-state index in [4.69, 9.17) is 0 Å². The molecule has 0 aliphatic carbocycles. The molecule has 3 rings (SSSR count). The Morgan fingerprint density at radius 3 is 2.29 bits per heavy atom. The number of halogens is 4. The molecular weight excluding hydrogens is 446 g/mol. The third-order valence-corrected chi connectivity index (χ3v) is 5.59. The Kier molecular flexibility index (Phi) is 8.39. The summed E-state index contributed by atoms with van der Waals surface area (Å²) in [5.74, 6) is -0.863. The largest absolute Gasteiger partial charge is 0.433 e. The number of aromatic nitrogens is 1. The molecule has 0 spiro atoms. The van der Waals surface area contributed by atoms with Gasteiger partial charge in [-0.1, -0.05) is 48.5 Å². The molecule has 0 unspecified atom stereocenters. The zero-order chi connectivity index (χ0) is 24.7. The highest BCUT2D eigenvalue weighted by Gasteiger charge is 2.32. The van der Waals surface area contributed by atoms with Crippen molar-refractivity contribution in [2.75, 3.05) is 13.1 Å². The molecule has 1 aromatic heterocycles. The van der Waals surface area contributed by atoms with E-state index >= 15 is 0 Å². The van der Waals surface area contributed by atoms with Crippen LogP contribution >= 0.6 is 0 Å². The number of nitrogens with zero attached hydrogens (tertiary/aromatic N) is 1. The van der Waals surface area contributed by atoms with Crippen molar-refractivity contribution in [1.82, 2.24) is 15.6 Å². The molecular formula is C26H27F4N3O.